The second-order valence-corrected chi connectivity index (χ2v) is 10.2. The highest BCUT2D eigenvalue weighted by atomic mass is 35.5. The lowest BCUT2D eigenvalue weighted by molar-refractivity contribution is 0.0716. The predicted molar refractivity (Wildman–Crippen MR) is 108 cm³/mol. The van der Waals surface area contributed by atoms with Crippen molar-refractivity contribution < 1.29 is 27.1 Å². The molecule has 1 aromatic rings. The minimum absolute atomic E-state index is 0.0326. The Morgan fingerprint density at radius 2 is 1.83 bits per heavy atom. The van der Waals surface area contributed by atoms with E-state index >= 15 is 0 Å². The summed E-state index contributed by atoms with van der Waals surface area (Å²) in [4.78, 5) is 12.4. The summed E-state index contributed by atoms with van der Waals surface area (Å²) < 4.78 is 52.4. The Morgan fingerprint density at radius 3 is 2.45 bits per heavy atom. The predicted octanol–water partition coefficient (Wildman–Crippen LogP) is 4.07. The van der Waals surface area contributed by atoms with Gasteiger partial charge in [-0.25, -0.2) is 17.5 Å². The van der Waals surface area contributed by atoms with E-state index in [0.29, 0.717) is 38.2 Å². The third-order valence-electron chi connectivity index (χ3n) is 5.84. The Bertz CT molecular complexity index is 834. The third kappa shape index (κ3) is 5.61. The van der Waals surface area contributed by atoms with Gasteiger partial charge in [-0.2, -0.15) is 0 Å². The molecule has 2 aliphatic rings. The SMILES string of the molecule is CO[C@H]1CC[C@@H](S(=O)(=O)NC(=O)c2cc(Cl)c(OCC3CCCC3)cc2F)CC1. The van der Waals surface area contributed by atoms with E-state index in [4.69, 9.17) is 21.1 Å². The van der Waals surface area contributed by atoms with E-state index < -0.39 is 32.6 Å². The van der Waals surface area contributed by atoms with Crippen molar-refractivity contribution in [1.82, 2.24) is 4.72 Å². The molecule has 0 spiro atoms. The van der Waals surface area contributed by atoms with Gasteiger partial charge < -0.3 is 9.47 Å². The molecule has 0 bridgehead atoms. The van der Waals surface area contributed by atoms with Gasteiger partial charge in [-0.05, 0) is 50.5 Å². The summed E-state index contributed by atoms with van der Waals surface area (Å²) in [6.07, 6.45) is 6.48. The first kappa shape index (κ1) is 22.3. The minimum Gasteiger partial charge on any atom is -0.492 e. The summed E-state index contributed by atoms with van der Waals surface area (Å²) >= 11 is 6.15. The van der Waals surface area contributed by atoms with Gasteiger partial charge in [0, 0.05) is 13.2 Å². The number of carbonyl (C=O) groups is 1. The van der Waals surface area contributed by atoms with Crippen molar-refractivity contribution in [1.29, 1.82) is 0 Å². The van der Waals surface area contributed by atoms with Crippen LogP contribution < -0.4 is 9.46 Å². The molecule has 162 valence electrons. The van der Waals surface area contributed by atoms with Gasteiger partial charge in [-0.15, -0.1) is 0 Å². The molecule has 0 unspecified atom stereocenters. The first-order valence-electron chi connectivity index (χ1n) is 10.0. The van der Waals surface area contributed by atoms with Gasteiger partial charge in [-0.3, -0.25) is 4.79 Å². The van der Waals surface area contributed by atoms with Crippen LogP contribution >= 0.6 is 11.6 Å². The number of nitrogens with one attached hydrogen (secondary N) is 1. The number of hydrogen-bond donors (Lipinski definition) is 1. The molecule has 0 aliphatic heterocycles. The van der Waals surface area contributed by atoms with Crippen LogP contribution in [0.4, 0.5) is 4.39 Å². The van der Waals surface area contributed by atoms with Crippen molar-refractivity contribution in [3.8, 4) is 5.75 Å². The van der Waals surface area contributed by atoms with Crippen LogP contribution in [0.25, 0.3) is 0 Å². The standard InChI is InChI=1S/C20H27ClFNO5S/c1-27-14-6-8-15(9-7-14)29(25,26)23-20(24)16-10-17(21)19(11-18(16)22)28-12-13-4-2-3-5-13/h10-11,13-15H,2-9,12H2,1H3,(H,23,24)/t14-,15+. The molecule has 29 heavy (non-hydrogen) atoms. The van der Waals surface area contributed by atoms with Crippen molar-refractivity contribution >= 4 is 27.5 Å². The molecule has 0 atom stereocenters. The Balaban J connectivity index is 1.64. The van der Waals surface area contributed by atoms with E-state index in [1.54, 1.807) is 7.11 Å². The number of rotatable bonds is 7. The molecule has 0 radical (unpaired) electrons. The third-order valence-corrected chi connectivity index (χ3v) is 7.96. The molecule has 2 saturated carbocycles. The van der Waals surface area contributed by atoms with Crippen LogP contribution in [0, 0.1) is 11.7 Å². The lowest BCUT2D eigenvalue weighted by Gasteiger charge is -2.27. The normalized spacial score (nSPS) is 23.1. The Kier molecular flexibility index (Phi) is 7.40. The maximum Gasteiger partial charge on any atom is 0.267 e. The van der Waals surface area contributed by atoms with E-state index in [0.717, 1.165) is 37.8 Å². The lowest BCUT2D eigenvalue weighted by atomic mass is 9.97. The number of amides is 1. The fraction of sp³-hybridized carbons (Fsp3) is 0.650. The van der Waals surface area contributed by atoms with Crippen LogP contribution in [0.3, 0.4) is 0 Å². The number of benzene rings is 1. The quantitative estimate of drug-likeness (QED) is 0.681. The lowest BCUT2D eigenvalue weighted by Crippen LogP contribution is -2.41. The highest BCUT2D eigenvalue weighted by Gasteiger charge is 2.33. The van der Waals surface area contributed by atoms with Crippen molar-refractivity contribution in [2.75, 3.05) is 13.7 Å². The average Bonchev–Trinajstić information content (AvgIpc) is 3.21. The molecule has 2 fully saturated rings. The summed E-state index contributed by atoms with van der Waals surface area (Å²) in [5.74, 6) is -1.31. The zero-order valence-electron chi connectivity index (χ0n) is 16.5. The van der Waals surface area contributed by atoms with Crippen molar-refractivity contribution in [3.63, 3.8) is 0 Å². The Labute approximate surface area is 176 Å². The molecule has 2 aliphatic carbocycles. The van der Waals surface area contributed by atoms with E-state index in [1.807, 2.05) is 4.72 Å². The van der Waals surface area contributed by atoms with E-state index in [9.17, 15) is 17.6 Å². The van der Waals surface area contributed by atoms with E-state index in [1.165, 1.54) is 0 Å². The van der Waals surface area contributed by atoms with Gasteiger partial charge in [0.05, 0.1) is 28.5 Å². The topological polar surface area (TPSA) is 81.7 Å². The summed E-state index contributed by atoms with van der Waals surface area (Å²) in [5, 5.41) is -0.627. The fourth-order valence-electron chi connectivity index (χ4n) is 4.04. The van der Waals surface area contributed by atoms with Crippen molar-refractivity contribution in [2.24, 2.45) is 5.92 Å². The van der Waals surface area contributed by atoms with Gasteiger partial charge in [0.15, 0.2) is 0 Å². The molecule has 9 heteroatoms. The molecule has 0 heterocycles. The molecule has 1 aromatic carbocycles. The van der Waals surface area contributed by atoms with Gasteiger partial charge in [0.25, 0.3) is 5.91 Å². The Hall–Kier alpha value is -1.38. The van der Waals surface area contributed by atoms with E-state index in [2.05, 4.69) is 0 Å². The number of methoxy groups -OCH3 is 1. The highest BCUT2D eigenvalue weighted by Crippen LogP contribution is 2.31. The molecule has 3 rings (SSSR count). The molecule has 1 amide bonds. The highest BCUT2D eigenvalue weighted by molar-refractivity contribution is 7.90. The minimum atomic E-state index is -3.92. The first-order valence-corrected chi connectivity index (χ1v) is 11.9. The maximum atomic E-state index is 14.5. The number of halogens is 2. The fourth-order valence-corrected chi connectivity index (χ4v) is 5.69. The number of sulfonamides is 1. The second-order valence-electron chi connectivity index (χ2n) is 7.83. The van der Waals surface area contributed by atoms with Gasteiger partial charge in [-0.1, -0.05) is 24.4 Å². The number of hydrogen-bond acceptors (Lipinski definition) is 5. The first-order chi connectivity index (χ1) is 13.8. The summed E-state index contributed by atoms with van der Waals surface area (Å²) in [6, 6.07) is 2.16. The summed E-state index contributed by atoms with van der Waals surface area (Å²) in [5.41, 5.74) is -0.419. The maximum absolute atomic E-state index is 14.5. The van der Waals surface area contributed by atoms with Crippen LogP contribution in [0.5, 0.6) is 5.75 Å². The molecule has 0 saturated heterocycles. The van der Waals surface area contributed by atoms with Gasteiger partial charge in [0.1, 0.15) is 11.6 Å². The van der Waals surface area contributed by atoms with Crippen LogP contribution in [0.15, 0.2) is 12.1 Å². The summed E-state index contributed by atoms with van der Waals surface area (Å²) in [6.45, 7) is 0.448. The van der Waals surface area contributed by atoms with Gasteiger partial charge in [0.2, 0.25) is 10.0 Å². The molecule has 0 aromatic heterocycles. The average molecular weight is 448 g/mol. The van der Waals surface area contributed by atoms with Gasteiger partial charge >= 0.3 is 0 Å². The molecular weight excluding hydrogens is 421 g/mol. The van der Waals surface area contributed by atoms with Crippen LogP contribution in [-0.4, -0.2) is 39.4 Å². The molecule has 6 nitrogen and oxygen atoms in total. The zero-order valence-corrected chi connectivity index (χ0v) is 18.0. The monoisotopic (exact) mass is 447 g/mol. The van der Waals surface area contributed by atoms with Crippen LogP contribution in [0.2, 0.25) is 5.02 Å². The van der Waals surface area contributed by atoms with Crippen molar-refractivity contribution in [2.45, 2.75) is 62.7 Å². The zero-order chi connectivity index (χ0) is 21.0. The Morgan fingerprint density at radius 1 is 1.17 bits per heavy atom. The second kappa shape index (κ2) is 9.62. The molecular formula is C20H27ClFNO5S. The van der Waals surface area contributed by atoms with E-state index in [-0.39, 0.29) is 16.9 Å². The van der Waals surface area contributed by atoms with Crippen LogP contribution in [0.1, 0.15) is 61.7 Å². The smallest absolute Gasteiger partial charge is 0.267 e. The summed E-state index contributed by atoms with van der Waals surface area (Å²) in [7, 11) is -2.33. The molecule has 1 N–H and O–H groups in total. The largest absolute Gasteiger partial charge is 0.492 e. The van der Waals surface area contributed by atoms with Crippen LogP contribution in [-0.2, 0) is 14.8 Å². The van der Waals surface area contributed by atoms with Crippen molar-refractivity contribution in [3.05, 3.63) is 28.5 Å². The number of ether oxygens (including phenoxy) is 2. The number of carbonyl (C=O) groups excluding carboxylic acids is 1.